The highest BCUT2D eigenvalue weighted by molar-refractivity contribution is 5.14. The van der Waals surface area contributed by atoms with Crippen molar-refractivity contribution in [2.45, 2.75) is 44.9 Å². The number of hydrogen-bond acceptors (Lipinski definition) is 3. The minimum absolute atomic E-state index is 0.607. The van der Waals surface area contributed by atoms with Gasteiger partial charge in [-0.1, -0.05) is 30.3 Å². The fourth-order valence-corrected chi connectivity index (χ4v) is 3.10. The van der Waals surface area contributed by atoms with Crippen molar-refractivity contribution in [2.24, 2.45) is 0 Å². The van der Waals surface area contributed by atoms with Gasteiger partial charge in [0.2, 0.25) is 0 Å². The first kappa shape index (κ1) is 14.3. The molecule has 1 aromatic carbocycles. The third-order valence-corrected chi connectivity index (χ3v) is 4.38. The van der Waals surface area contributed by atoms with Gasteiger partial charge in [0.05, 0.1) is 0 Å². The Balaban J connectivity index is 1.47. The summed E-state index contributed by atoms with van der Waals surface area (Å²) in [6.07, 6.45) is 4.23. The second-order valence-corrected chi connectivity index (χ2v) is 5.99. The molecular formula is C17H24N4. The van der Waals surface area contributed by atoms with Gasteiger partial charge in [-0.2, -0.15) is 5.10 Å². The van der Waals surface area contributed by atoms with Gasteiger partial charge in [0.25, 0.3) is 0 Å². The molecule has 0 radical (unpaired) electrons. The first-order valence-corrected chi connectivity index (χ1v) is 7.81. The van der Waals surface area contributed by atoms with E-state index in [0.717, 1.165) is 25.3 Å². The van der Waals surface area contributed by atoms with E-state index in [1.807, 2.05) is 12.3 Å². The maximum atomic E-state index is 3.99. The van der Waals surface area contributed by atoms with Crippen molar-refractivity contribution in [3.05, 3.63) is 53.9 Å². The summed E-state index contributed by atoms with van der Waals surface area (Å²) < 4.78 is 0. The molecule has 2 atom stereocenters. The summed E-state index contributed by atoms with van der Waals surface area (Å²) in [5.74, 6) is 0. The Morgan fingerprint density at radius 1 is 1.29 bits per heavy atom. The van der Waals surface area contributed by atoms with E-state index in [-0.39, 0.29) is 0 Å². The Morgan fingerprint density at radius 2 is 2.14 bits per heavy atom. The summed E-state index contributed by atoms with van der Waals surface area (Å²) in [5.41, 5.74) is 2.57. The molecule has 1 saturated heterocycles. The molecule has 0 spiro atoms. The lowest BCUT2D eigenvalue weighted by atomic mass is 9.97. The summed E-state index contributed by atoms with van der Waals surface area (Å²) in [5, 5.41) is 10.6. The van der Waals surface area contributed by atoms with Crippen molar-refractivity contribution in [1.82, 2.24) is 20.4 Å². The molecule has 2 heterocycles. The van der Waals surface area contributed by atoms with Crippen LogP contribution in [0.3, 0.4) is 0 Å². The highest BCUT2D eigenvalue weighted by Gasteiger charge is 2.24. The topological polar surface area (TPSA) is 44.0 Å². The van der Waals surface area contributed by atoms with Crippen molar-refractivity contribution in [1.29, 1.82) is 0 Å². The van der Waals surface area contributed by atoms with Crippen LogP contribution in [0, 0.1) is 0 Å². The number of nitrogens with one attached hydrogen (secondary N) is 2. The van der Waals surface area contributed by atoms with Gasteiger partial charge in [-0.15, -0.1) is 0 Å². The van der Waals surface area contributed by atoms with Crippen LogP contribution < -0.4 is 5.32 Å². The molecule has 2 unspecified atom stereocenters. The quantitative estimate of drug-likeness (QED) is 0.887. The Morgan fingerprint density at radius 3 is 2.86 bits per heavy atom. The molecule has 4 heteroatoms. The molecule has 0 saturated carbocycles. The standard InChI is InChI=1S/C17H24N4/c1-14-11-16(18-12-17-7-9-19-20-17)8-10-21(14)13-15-5-3-2-4-6-15/h2-7,9,14,16,18H,8,10-13H2,1H3,(H,19,20). The van der Waals surface area contributed by atoms with Gasteiger partial charge in [0.15, 0.2) is 0 Å². The molecular weight excluding hydrogens is 260 g/mol. The van der Waals surface area contributed by atoms with Crippen LogP contribution in [0.2, 0.25) is 0 Å². The van der Waals surface area contributed by atoms with Crippen LogP contribution in [-0.2, 0) is 13.1 Å². The molecule has 3 rings (SSSR count). The highest BCUT2D eigenvalue weighted by Crippen LogP contribution is 2.20. The minimum atomic E-state index is 0.607. The Bertz CT molecular complexity index is 523. The third kappa shape index (κ3) is 3.93. The number of hydrogen-bond donors (Lipinski definition) is 2. The van der Waals surface area contributed by atoms with E-state index in [4.69, 9.17) is 0 Å². The molecule has 0 aliphatic carbocycles. The van der Waals surface area contributed by atoms with Crippen molar-refractivity contribution >= 4 is 0 Å². The van der Waals surface area contributed by atoms with E-state index >= 15 is 0 Å². The number of likely N-dealkylation sites (tertiary alicyclic amines) is 1. The van der Waals surface area contributed by atoms with Gasteiger partial charge in [-0.25, -0.2) is 0 Å². The number of aromatic amines is 1. The van der Waals surface area contributed by atoms with Gasteiger partial charge < -0.3 is 5.32 Å². The zero-order valence-electron chi connectivity index (χ0n) is 12.6. The summed E-state index contributed by atoms with van der Waals surface area (Å²) >= 11 is 0. The zero-order valence-corrected chi connectivity index (χ0v) is 12.6. The number of benzene rings is 1. The summed E-state index contributed by atoms with van der Waals surface area (Å²) in [4.78, 5) is 2.59. The molecule has 4 nitrogen and oxygen atoms in total. The molecule has 0 amide bonds. The van der Waals surface area contributed by atoms with Crippen LogP contribution in [0.4, 0.5) is 0 Å². The second kappa shape index (κ2) is 6.87. The molecule has 1 aromatic heterocycles. The zero-order chi connectivity index (χ0) is 14.5. The van der Waals surface area contributed by atoms with Gasteiger partial charge in [0.1, 0.15) is 0 Å². The molecule has 112 valence electrons. The van der Waals surface area contributed by atoms with E-state index in [0.29, 0.717) is 12.1 Å². The van der Waals surface area contributed by atoms with Crippen molar-refractivity contribution in [2.75, 3.05) is 6.54 Å². The smallest absolute Gasteiger partial charge is 0.0490 e. The first-order valence-electron chi connectivity index (χ1n) is 7.81. The Hall–Kier alpha value is -1.65. The predicted octanol–water partition coefficient (Wildman–Crippen LogP) is 2.55. The van der Waals surface area contributed by atoms with Crippen molar-refractivity contribution in [3.63, 3.8) is 0 Å². The lowest BCUT2D eigenvalue weighted by Crippen LogP contribution is -2.46. The average Bonchev–Trinajstić information content (AvgIpc) is 3.02. The van der Waals surface area contributed by atoms with Crippen LogP contribution in [0.1, 0.15) is 31.0 Å². The van der Waals surface area contributed by atoms with E-state index in [1.54, 1.807) is 0 Å². The number of nitrogens with zero attached hydrogens (tertiary/aromatic N) is 2. The normalized spacial score (nSPS) is 23.3. The molecule has 21 heavy (non-hydrogen) atoms. The molecule has 1 aliphatic rings. The predicted molar refractivity (Wildman–Crippen MR) is 84.8 cm³/mol. The van der Waals surface area contributed by atoms with Crippen LogP contribution in [0.25, 0.3) is 0 Å². The lowest BCUT2D eigenvalue weighted by Gasteiger charge is -2.38. The molecule has 2 N–H and O–H groups in total. The molecule has 1 fully saturated rings. The Labute approximate surface area is 126 Å². The fraction of sp³-hybridized carbons (Fsp3) is 0.471. The Kier molecular flexibility index (Phi) is 4.68. The maximum absolute atomic E-state index is 3.99. The lowest BCUT2D eigenvalue weighted by molar-refractivity contribution is 0.128. The fourth-order valence-electron chi connectivity index (χ4n) is 3.10. The number of rotatable bonds is 5. The van der Waals surface area contributed by atoms with Gasteiger partial charge >= 0.3 is 0 Å². The van der Waals surface area contributed by atoms with Gasteiger partial charge in [-0.05, 0) is 31.4 Å². The SMILES string of the molecule is CC1CC(NCc2ccn[nH]2)CCN1Cc1ccccc1. The van der Waals surface area contributed by atoms with Crippen LogP contribution in [0.15, 0.2) is 42.6 Å². The third-order valence-electron chi connectivity index (χ3n) is 4.38. The first-order chi connectivity index (χ1) is 10.3. The second-order valence-electron chi connectivity index (χ2n) is 5.99. The summed E-state index contributed by atoms with van der Waals surface area (Å²) in [7, 11) is 0. The number of aromatic nitrogens is 2. The highest BCUT2D eigenvalue weighted by atomic mass is 15.2. The van der Waals surface area contributed by atoms with Crippen molar-refractivity contribution < 1.29 is 0 Å². The minimum Gasteiger partial charge on any atom is -0.308 e. The van der Waals surface area contributed by atoms with Crippen LogP contribution >= 0.6 is 0 Å². The van der Waals surface area contributed by atoms with Crippen LogP contribution in [-0.4, -0.2) is 33.7 Å². The monoisotopic (exact) mass is 284 g/mol. The molecule has 1 aliphatic heterocycles. The van der Waals surface area contributed by atoms with E-state index in [2.05, 4.69) is 57.7 Å². The molecule has 0 bridgehead atoms. The van der Waals surface area contributed by atoms with Crippen molar-refractivity contribution in [3.8, 4) is 0 Å². The van der Waals surface area contributed by atoms with Gasteiger partial charge in [0, 0.05) is 43.6 Å². The largest absolute Gasteiger partial charge is 0.308 e. The van der Waals surface area contributed by atoms with E-state index in [9.17, 15) is 0 Å². The average molecular weight is 284 g/mol. The van der Waals surface area contributed by atoms with E-state index in [1.165, 1.54) is 18.4 Å². The van der Waals surface area contributed by atoms with Gasteiger partial charge in [-0.3, -0.25) is 10.00 Å². The maximum Gasteiger partial charge on any atom is 0.0490 e. The van der Waals surface area contributed by atoms with Crippen LogP contribution in [0.5, 0.6) is 0 Å². The summed E-state index contributed by atoms with van der Waals surface area (Å²) in [6, 6.07) is 14.0. The number of piperidine rings is 1. The molecule has 2 aromatic rings. The summed E-state index contributed by atoms with van der Waals surface area (Å²) in [6.45, 7) is 5.45. The van der Waals surface area contributed by atoms with E-state index < -0.39 is 0 Å². The number of H-pyrrole nitrogens is 1.